The maximum absolute atomic E-state index is 13.0. The minimum absolute atomic E-state index is 0.0834. The molecule has 3 heterocycles. The Kier molecular flexibility index (Phi) is 6.83. The summed E-state index contributed by atoms with van der Waals surface area (Å²) < 4.78 is 5.54. The maximum atomic E-state index is 13.0. The van der Waals surface area contributed by atoms with E-state index in [1.165, 1.54) is 11.1 Å². The first-order valence-electron chi connectivity index (χ1n) is 11.8. The fraction of sp³-hybridized carbons (Fsp3) is 0.577. The van der Waals surface area contributed by atoms with Gasteiger partial charge in [-0.15, -0.1) is 0 Å². The molecule has 5 nitrogen and oxygen atoms in total. The molecule has 5 heteroatoms. The number of nitrogens with zero attached hydrogens (tertiary/aromatic N) is 1. The highest BCUT2D eigenvalue weighted by atomic mass is 16.5. The summed E-state index contributed by atoms with van der Waals surface area (Å²) in [6, 6.07) is 8.43. The Morgan fingerprint density at radius 3 is 2.81 bits per heavy atom. The van der Waals surface area contributed by atoms with Gasteiger partial charge in [-0.2, -0.15) is 0 Å². The second-order valence-corrected chi connectivity index (χ2v) is 9.89. The number of fused-ring (bicyclic) bond motifs is 1. The van der Waals surface area contributed by atoms with Crippen LogP contribution in [-0.2, 0) is 11.2 Å². The predicted octanol–water partition coefficient (Wildman–Crippen LogP) is 4.85. The van der Waals surface area contributed by atoms with Crippen LogP contribution in [0.15, 0.2) is 35.9 Å². The van der Waals surface area contributed by atoms with E-state index in [-0.39, 0.29) is 5.91 Å². The van der Waals surface area contributed by atoms with Crippen molar-refractivity contribution in [1.29, 1.82) is 0 Å². The second kappa shape index (κ2) is 9.58. The van der Waals surface area contributed by atoms with Crippen LogP contribution in [0.3, 0.4) is 0 Å². The molecular weight excluding hydrogens is 388 g/mol. The number of H-pyrrole nitrogens is 1. The number of allylic oxidation sites excluding steroid dienone is 1. The molecule has 0 radical (unpaired) electrons. The molecule has 2 aliphatic heterocycles. The Morgan fingerprint density at radius 1 is 1.23 bits per heavy atom. The van der Waals surface area contributed by atoms with Gasteiger partial charge in [0.2, 0.25) is 0 Å². The van der Waals surface area contributed by atoms with E-state index in [1.807, 2.05) is 24.8 Å². The smallest absolute Gasteiger partial charge is 0.270 e. The lowest BCUT2D eigenvalue weighted by Gasteiger charge is -2.34. The van der Waals surface area contributed by atoms with Crippen molar-refractivity contribution in [2.24, 2.45) is 5.92 Å². The van der Waals surface area contributed by atoms with Crippen LogP contribution in [0.1, 0.15) is 68.4 Å². The van der Waals surface area contributed by atoms with Crippen molar-refractivity contribution in [1.82, 2.24) is 9.88 Å². The van der Waals surface area contributed by atoms with Crippen LogP contribution < -0.4 is 0 Å². The molecule has 0 bridgehead atoms. The summed E-state index contributed by atoms with van der Waals surface area (Å²) in [4.78, 5) is 18.3. The normalized spacial score (nSPS) is 20.4. The van der Waals surface area contributed by atoms with Crippen molar-refractivity contribution in [3.8, 4) is 0 Å². The third-order valence-electron chi connectivity index (χ3n) is 6.59. The molecule has 1 aromatic heterocycles. The lowest BCUT2D eigenvalue weighted by atomic mass is 9.86. The largest absolute Gasteiger partial charge is 0.390 e. The maximum Gasteiger partial charge on any atom is 0.270 e. The van der Waals surface area contributed by atoms with Gasteiger partial charge in [0.1, 0.15) is 5.69 Å². The van der Waals surface area contributed by atoms with Gasteiger partial charge in [0.15, 0.2) is 0 Å². The van der Waals surface area contributed by atoms with Gasteiger partial charge in [-0.05, 0) is 88.5 Å². The molecule has 0 aliphatic carbocycles. The highest BCUT2D eigenvalue weighted by Crippen LogP contribution is 2.27. The summed E-state index contributed by atoms with van der Waals surface area (Å²) in [6.07, 6.45) is 9.28. The third-order valence-corrected chi connectivity index (χ3v) is 6.59. The number of piperidine rings is 1. The van der Waals surface area contributed by atoms with Gasteiger partial charge in [0.05, 0.1) is 12.2 Å². The summed E-state index contributed by atoms with van der Waals surface area (Å²) in [7, 11) is 0. The number of rotatable bonds is 5. The summed E-state index contributed by atoms with van der Waals surface area (Å²) in [5.74, 6) is 0.573. The van der Waals surface area contributed by atoms with Crippen molar-refractivity contribution in [2.75, 3.05) is 26.3 Å². The van der Waals surface area contributed by atoms with Crippen molar-refractivity contribution in [3.63, 3.8) is 0 Å². The number of carbonyl (C=O) groups excluding carboxylic acids is 1. The average Bonchev–Trinajstić information content (AvgIpc) is 2.98. The second-order valence-electron chi connectivity index (χ2n) is 9.89. The van der Waals surface area contributed by atoms with E-state index in [9.17, 15) is 9.90 Å². The highest BCUT2D eigenvalue weighted by Gasteiger charge is 2.28. The molecule has 31 heavy (non-hydrogen) atoms. The molecule has 1 aromatic carbocycles. The van der Waals surface area contributed by atoms with Gasteiger partial charge in [0, 0.05) is 30.6 Å². The van der Waals surface area contributed by atoms with Crippen molar-refractivity contribution in [2.45, 2.75) is 64.4 Å². The number of hydrogen-bond acceptors (Lipinski definition) is 3. The number of ether oxygens (including phenoxy) is 1. The highest BCUT2D eigenvalue weighted by molar-refractivity contribution is 5.98. The molecule has 2 aromatic rings. The molecule has 0 saturated carbocycles. The Morgan fingerprint density at radius 2 is 2.03 bits per heavy atom. The predicted molar refractivity (Wildman–Crippen MR) is 124 cm³/mol. The molecule has 2 fully saturated rings. The van der Waals surface area contributed by atoms with Gasteiger partial charge < -0.3 is 19.7 Å². The first-order chi connectivity index (χ1) is 14.9. The summed E-state index contributed by atoms with van der Waals surface area (Å²) in [5, 5.41) is 11.2. The molecule has 0 spiro atoms. The van der Waals surface area contributed by atoms with Gasteiger partial charge >= 0.3 is 0 Å². The monoisotopic (exact) mass is 424 g/mol. The third kappa shape index (κ3) is 5.98. The standard InChI is InChI=1S/C26H36N2O3/c1-26(2,30)18-21-9-12-28(13-10-21)25(29)24-17-22-16-20(7-8-23(22)27-24)6-5-19-4-3-14-31-15-11-19/h5,7-8,16-17,21,27,30H,3-4,6,9-15,18H2,1-2H3/b19-5-. The average molecular weight is 425 g/mol. The first kappa shape index (κ1) is 22.1. The van der Waals surface area contributed by atoms with E-state index in [1.54, 1.807) is 0 Å². The number of aliphatic hydroxyl groups is 1. The number of aromatic nitrogens is 1. The van der Waals surface area contributed by atoms with Gasteiger partial charge in [-0.3, -0.25) is 4.79 Å². The Hall–Kier alpha value is -2.11. The van der Waals surface area contributed by atoms with Crippen molar-refractivity contribution < 1.29 is 14.6 Å². The molecular formula is C26H36N2O3. The van der Waals surface area contributed by atoms with E-state index in [0.29, 0.717) is 11.6 Å². The molecule has 2 aliphatic rings. The Balaban J connectivity index is 1.39. The fourth-order valence-electron chi connectivity index (χ4n) is 4.94. The zero-order valence-electron chi connectivity index (χ0n) is 19.0. The number of benzene rings is 1. The molecule has 168 valence electrons. The SMILES string of the molecule is CC(C)(O)CC1CCN(C(=O)c2cc3cc(C/C=C4/CCCOCC4)ccc3[nH]2)CC1. The number of aromatic amines is 1. The minimum Gasteiger partial charge on any atom is -0.390 e. The molecule has 1 amide bonds. The molecule has 0 unspecified atom stereocenters. The van der Waals surface area contributed by atoms with Crippen LogP contribution in [0.4, 0.5) is 0 Å². The molecule has 2 saturated heterocycles. The lowest BCUT2D eigenvalue weighted by Crippen LogP contribution is -2.40. The van der Waals surface area contributed by atoms with Crippen molar-refractivity contribution >= 4 is 16.8 Å². The van der Waals surface area contributed by atoms with E-state index in [4.69, 9.17) is 4.74 Å². The molecule has 4 rings (SSSR count). The van der Waals surface area contributed by atoms with E-state index in [0.717, 1.165) is 82.2 Å². The zero-order valence-corrected chi connectivity index (χ0v) is 19.0. The van der Waals surface area contributed by atoms with E-state index < -0.39 is 5.60 Å². The number of amides is 1. The van der Waals surface area contributed by atoms with Crippen LogP contribution in [0.25, 0.3) is 10.9 Å². The first-order valence-corrected chi connectivity index (χ1v) is 11.8. The number of carbonyl (C=O) groups is 1. The summed E-state index contributed by atoms with van der Waals surface area (Å²) >= 11 is 0. The van der Waals surface area contributed by atoms with Crippen LogP contribution in [0.5, 0.6) is 0 Å². The lowest BCUT2D eigenvalue weighted by molar-refractivity contribution is 0.0357. The van der Waals surface area contributed by atoms with Gasteiger partial charge in [-0.25, -0.2) is 0 Å². The number of likely N-dealkylation sites (tertiary alicyclic amines) is 1. The van der Waals surface area contributed by atoms with Crippen LogP contribution >= 0.6 is 0 Å². The topological polar surface area (TPSA) is 65.6 Å². The Bertz CT molecular complexity index is 920. The van der Waals surface area contributed by atoms with Crippen molar-refractivity contribution in [3.05, 3.63) is 47.2 Å². The summed E-state index contributed by atoms with van der Waals surface area (Å²) in [6.45, 7) is 6.97. The fourth-order valence-corrected chi connectivity index (χ4v) is 4.94. The minimum atomic E-state index is -0.633. The molecule has 0 atom stereocenters. The number of nitrogens with one attached hydrogen (secondary N) is 1. The van der Waals surface area contributed by atoms with E-state index >= 15 is 0 Å². The Labute approximate surface area is 185 Å². The van der Waals surface area contributed by atoms with Gasteiger partial charge in [-0.1, -0.05) is 17.7 Å². The summed E-state index contributed by atoms with van der Waals surface area (Å²) in [5.41, 5.74) is 3.82. The van der Waals surface area contributed by atoms with Crippen LogP contribution in [-0.4, -0.2) is 52.8 Å². The number of hydrogen-bond donors (Lipinski definition) is 2. The molecule has 2 N–H and O–H groups in total. The quantitative estimate of drug-likeness (QED) is 0.674. The van der Waals surface area contributed by atoms with E-state index in [2.05, 4.69) is 29.3 Å². The van der Waals surface area contributed by atoms with Crippen LogP contribution in [0.2, 0.25) is 0 Å². The van der Waals surface area contributed by atoms with Gasteiger partial charge in [0.25, 0.3) is 5.91 Å². The zero-order chi connectivity index (χ0) is 21.8. The van der Waals surface area contributed by atoms with Crippen LogP contribution in [0, 0.1) is 5.92 Å².